The average molecular weight is 273 g/mol. The van der Waals surface area contributed by atoms with Gasteiger partial charge in [0.2, 0.25) is 5.89 Å². The molecule has 0 bridgehead atoms. The average Bonchev–Trinajstić information content (AvgIpc) is 2.76. The highest BCUT2D eigenvalue weighted by atomic mass is 16.4. The highest BCUT2D eigenvalue weighted by Crippen LogP contribution is 2.13. The molecule has 0 atom stereocenters. The van der Waals surface area contributed by atoms with Gasteiger partial charge in [-0.3, -0.25) is 4.90 Å². The molecule has 1 heterocycles. The number of benzene rings is 1. The van der Waals surface area contributed by atoms with Crippen molar-refractivity contribution in [3.05, 3.63) is 53.2 Å². The first kappa shape index (κ1) is 14.8. The molecule has 0 radical (unpaired) electrons. The normalized spacial score (nSPS) is 11.2. The first-order valence-corrected chi connectivity index (χ1v) is 7.08. The van der Waals surface area contributed by atoms with E-state index < -0.39 is 0 Å². The summed E-state index contributed by atoms with van der Waals surface area (Å²) in [6, 6.07) is 10.4. The molecule has 0 fully saturated rings. The van der Waals surface area contributed by atoms with E-state index >= 15 is 0 Å². The van der Waals surface area contributed by atoms with Crippen LogP contribution in [0.25, 0.3) is 0 Å². The van der Waals surface area contributed by atoms with Crippen molar-refractivity contribution in [2.24, 2.45) is 5.73 Å². The minimum absolute atomic E-state index is 0.703. The van der Waals surface area contributed by atoms with Crippen LogP contribution in [0.15, 0.2) is 34.7 Å². The summed E-state index contributed by atoms with van der Waals surface area (Å²) in [5.74, 6) is 1.69. The van der Waals surface area contributed by atoms with Gasteiger partial charge in [-0.15, -0.1) is 0 Å². The van der Waals surface area contributed by atoms with Gasteiger partial charge in [0.15, 0.2) is 0 Å². The van der Waals surface area contributed by atoms with Crippen molar-refractivity contribution < 1.29 is 4.42 Å². The van der Waals surface area contributed by atoms with E-state index in [-0.39, 0.29) is 0 Å². The Morgan fingerprint density at radius 2 is 1.90 bits per heavy atom. The molecule has 0 spiro atoms. The second-order valence-corrected chi connectivity index (χ2v) is 5.09. The molecule has 2 N–H and O–H groups in total. The Morgan fingerprint density at radius 1 is 1.15 bits per heavy atom. The maximum atomic E-state index is 5.68. The SMILES string of the molecule is Cc1nc(CN(CCCN)Cc2ccccc2)oc1C. The smallest absolute Gasteiger partial charge is 0.208 e. The Labute approximate surface area is 120 Å². The largest absolute Gasteiger partial charge is 0.444 e. The van der Waals surface area contributed by atoms with Gasteiger partial charge in [-0.25, -0.2) is 4.98 Å². The van der Waals surface area contributed by atoms with Gasteiger partial charge in [0.25, 0.3) is 0 Å². The standard InChI is InChI=1S/C16H23N3O/c1-13-14(2)20-16(18-13)12-19(10-6-9-17)11-15-7-4-3-5-8-15/h3-5,7-8H,6,9-12,17H2,1-2H3. The van der Waals surface area contributed by atoms with Crippen LogP contribution < -0.4 is 5.73 Å². The highest BCUT2D eigenvalue weighted by Gasteiger charge is 2.12. The fraction of sp³-hybridized carbons (Fsp3) is 0.438. The van der Waals surface area contributed by atoms with E-state index in [2.05, 4.69) is 34.1 Å². The number of hydrogen-bond donors (Lipinski definition) is 1. The minimum atomic E-state index is 0.703. The molecule has 2 aromatic rings. The molecule has 4 heteroatoms. The fourth-order valence-corrected chi connectivity index (χ4v) is 2.17. The van der Waals surface area contributed by atoms with Crippen molar-refractivity contribution in [2.45, 2.75) is 33.4 Å². The predicted octanol–water partition coefficient (Wildman–Crippen LogP) is 2.64. The Hall–Kier alpha value is -1.65. The van der Waals surface area contributed by atoms with E-state index in [1.54, 1.807) is 0 Å². The van der Waals surface area contributed by atoms with Gasteiger partial charge in [0.05, 0.1) is 12.2 Å². The lowest BCUT2D eigenvalue weighted by atomic mass is 10.2. The second-order valence-electron chi connectivity index (χ2n) is 5.09. The van der Waals surface area contributed by atoms with Crippen molar-refractivity contribution in [2.75, 3.05) is 13.1 Å². The molecule has 0 amide bonds. The summed E-state index contributed by atoms with van der Waals surface area (Å²) < 4.78 is 5.68. The Morgan fingerprint density at radius 3 is 2.50 bits per heavy atom. The number of rotatable bonds is 7. The molecule has 0 aliphatic heterocycles. The molecular formula is C16H23N3O. The molecule has 1 aromatic carbocycles. The molecule has 0 saturated carbocycles. The number of aromatic nitrogens is 1. The summed E-state index contributed by atoms with van der Waals surface area (Å²) in [5.41, 5.74) is 7.89. The number of aryl methyl sites for hydroxylation is 2. The molecule has 1 aromatic heterocycles. The van der Waals surface area contributed by atoms with Gasteiger partial charge in [-0.1, -0.05) is 30.3 Å². The van der Waals surface area contributed by atoms with Crippen molar-refractivity contribution in [3.63, 3.8) is 0 Å². The maximum absolute atomic E-state index is 5.68. The first-order chi connectivity index (χ1) is 9.69. The molecular weight excluding hydrogens is 250 g/mol. The lowest BCUT2D eigenvalue weighted by molar-refractivity contribution is 0.228. The van der Waals surface area contributed by atoms with Gasteiger partial charge < -0.3 is 10.2 Å². The van der Waals surface area contributed by atoms with Crippen molar-refractivity contribution in [3.8, 4) is 0 Å². The van der Waals surface area contributed by atoms with Gasteiger partial charge in [0, 0.05) is 13.1 Å². The van der Waals surface area contributed by atoms with Crippen LogP contribution in [0, 0.1) is 13.8 Å². The first-order valence-electron chi connectivity index (χ1n) is 7.08. The van der Waals surface area contributed by atoms with Crippen LogP contribution in [0.5, 0.6) is 0 Å². The van der Waals surface area contributed by atoms with Crippen LogP contribution in [0.1, 0.15) is 29.3 Å². The molecule has 0 aliphatic carbocycles. The third kappa shape index (κ3) is 4.18. The number of nitrogens with two attached hydrogens (primary N) is 1. The fourth-order valence-electron chi connectivity index (χ4n) is 2.17. The van der Waals surface area contributed by atoms with Crippen molar-refractivity contribution in [1.29, 1.82) is 0 Å². The van der Waals surface area contributed by atoms with E-state index in [9.17, 15) is 0 Å². The predicted molar refractivity (Wildman–Crippen MR) is 80.2 cm³/mol. The van der Waals surface area contributed by atoms with E-state index in [1.165, 1.54) is 5.56 Å². The Bertz CT molecular complexity index is 502. The second kappa shape index (κ2) is 7.22. The Balaban J connectivity index is 2.03. The van der Waals surface area contributed by atoms with Crippen LogP contribution in [-0.4, -0.2) is 23.0 Å². The van der Waals surface area contributed by atoms with Crippen LogP contribution in [0.2, 0.25) is 0 Å². The summed E-state index contributed by atoms with van der Waals surface area (Å²) in [6.45, 7) is 7.20. The zero-order valence-corrected chi connectivity index (χ0v) is 12.3. The molecule has 2 rings (SSSR count). The summed E-state index contributed by atoms with van der Waals surface area (Å²) in [5, 5.41) is 0. The zero-order valence-electron chi connectivity index (χ0n) is 12.3. The lowest BCUT2D eigenvalue weighted by Gasteiger charge is -2.20. The highest BCUT2D eigenvalue weighted by molar-refractivity contribution is 5.14. The topological polar surface area (TPSA) is 55.3 Å². The zero-order chi connectivity index (χ0) is 14.4. The summed E-state index contributed by atoms with van der Waals surface area (Å²) in [4.78, 5) is 6.79. The van der Waals surface area contributed by atoms with Crippen molar-refractivity contribution in [1.82, 2.24) is 9.88 Å². The third-order valence-corrected chi connectivity index (χ3v) is 3.36. The van der Waals surface area contributed by atoms with E-state index in [0.717, 1.165) is 43.4 Å². The van der Waals surface area contributed by atoms with E-state index in [0.29, 0.717) is 6.54 Å². The van der Waals surface area contributed by atoms with Gasteiger partial charge in [-0.05, 0) is 32.4 Å². The van der Waals surface area contributed by atoms with Crippen LogP contribution in [-0.2, 0) is 13.1 Å². The Kier molecular flexibility index (Phi) is 5.32. The molecule has 0 aliphatic rings. The summed E-state index contributed by atoms with van der Waals surface area (Å²) in [7, 11) is 0. The van der Waals surface area contributed by atoms with Gasteiger partial charge in [0.1, 0.15) is 5.76 Å². The number of nitrogens with zero attached hydrogens (tertiary/aromatic N) is 2. The van der Waals surface area contributed by atoms with E-state index in [4.69, 9.17) is 10.2 Å². The summed E-state index contributed by atoms with van der Waals surface area (Å²) in [6.07, 6.45) is 0.978. The molecule has 0 saturated heterocycles. The monoisotopic (exact) mass is 273 g/mol. The molecule has 0 unspecified atom stereocenters. The van der Waals surface area contributed by atoms with Gasteiger partial charge >= 0.3 is 0 Å². The number of oxazole rings is 1. The van der Waals surface area contributed by atoms with Crippen LogP contribution >= 0.6 is 0 Å². The summed E-state index contributed by atoms with van der Waals surface area (Å²) >= 11 is 0. The molecule has 4 nitrogen and oxygen atoms in total. The maximum Gasteiger partial charge on any atom is 0.208 e. The molecule has 20 heavy (non-hydrogen) atoms. The quantitative estimate of drug-likeness (QED) is 0.842. The van der Waals surface area contributed by atoms with Crippen LogP contribution in [0.4, 0.5) is 0 Å². The minimum Gasteiger partial charge on any atom is -0.444 e. The van der Waals surface area contributed by atoms with E-state index in [1.807, 2.05) is 19.9 Å². The number of hydrogen-bond acceptors (Lipinski definition) is 4. The van der Waals surface area contributed by atoms with Gasteiger partial charge in [-0.2, -0.15) is 0 Å². The van der Waals surface area contributed by atoms with Crippen molar-refractivity contribution >= 4 is 0 Å². The molecule has 108 valence electrons. The third-order valence-electron chi connectivity index (χ3n) is 3.36. The lowest BCUT2D eigenvalue weighted by Crippen LogP contribution is -2.25. The van der Waals surface area contributed by atoms with Crippen LogP contribution in [0.3, 0.4) is 0 Å².